The molecule has 0 atom stereocenters. The molecule has 0 saturated carbocycles. The van der Waals surface area contributed by atoms with Gasteiger partial charge in [0.1, 0.15) is 17.2 Å². The highest BCUT2D eigenvalue weighted by molar-refractivity contribution is 5.99. The Morgan fingerprint density at radius 2 is 1.69 bits per heavy atom. The molecule has 7 nitrogen and oxygen atoms in total. The number of amides is 2. The molecule has 1 aromatic heterocycles. The van der Waals surface area contributed by atoms with E-state index in [1.165, 1.54) is 23.1 Å². The van der Waals surface area contributed by atoms with Crippen molar-refractivity contribution in [3.8, 4) is 11.5 Å². The van der Waals surface area contributed by atoms with E-state index in [0.717, 1.165) is 16.7 Å². The molecule has 168 valence electrons. The Kier molecular flexibility index (Phi) is 6.25. The molecule has 2 heterocycles. The van der Waals surface area contributed by atoms with Gasteiger partial charge in [0.25, 0.3) is 11.8 Å². The van der Waals surface area contributed by atoms with Gasteiger partial charge in [-0.25, -0.2) is 0 Å². The van der Waals surface area contributed by atoms with Gasteiger partial charge in [0, 0.05) is 43.1 Å². The van der Waals surface area contributed by atoms with Gasteiger partial charge in [0.05, 0.1) is 12.2 Å². The summed E-state index contributed by atoms with van der Waals surface area (Å²) in [6.45, 7) is 0.705. The number of aromatic amines is 1. The molecule has 1 N–H and O–H groups in total. The minimum atomic E-state index is -3.01. The van der Waals surface area contributed by atoms with E-state index in [2.05, 4.69) is 9.72 Å². The molecule has 2 amide bonds. The molecule has 1 aliphatic rings. The minimum Gasteiger partial charge on any atom is -0.494 e. The average Bonchev–Trinajstić information content (AvgIpc) is 3.22. The monoisotopic (exact) mass is 443 g/mol. The normalized spacial score (nSPS) is 14.1. The molecule has 32 heavy (non-hydrogen) atoms. The van der Waals surface area contributed by atoms with Crippen molar-refractivity contribution in [1.82, 2.24) is 14.8 Å². The topological polar surface area (TPSA) is 74.9 Å². The summed E-state index contributed by atoms with van der Waals surface area (Å²) in [5.41, 5.74) is 1.35. The lowest BCUT2D eigenvalue weighted by Crippen LogP contribution is -2.50. The summed E-state index contributed by atoms with van der Waals surface area (Å²) in [6, 6.07) is 13.3. The Hall–Kier alpha value is -3.62. The Morgan fingerprint density at radius 3 is 2.38 bits per heavy atom. The molecular weight excluding hydrogens is 420 g/mol. The molecule has 1 aliphatic heterocycles. The lowest BCUT2D eigenvalue weighted by atomic mass is 10.1. The molecule has 3 aromatic rings. The van der Waals surface area contributed by atoms with Crippen LogP contribution in [0.3, 0.4) is 0 Å². The molecule has 1 saturated heterocycles. The third-order valence-corrected chi connectivity index (χ3v) is 5.32. The predicted octanol–water partition coefficient (Wildman–Crippen LogP) is 3.77. The number of fused-ring (bicyclic) bond motifs is 1. The second kappa shape index (κ2) is 9.25. The smallest absolute Gasteiger partial charge is 0.387 e. The van der Waals surface area contributed by atoms with Gasteiger partial charge >= 0.3 is 6.61 Å². The number of nitrogens with zero attached hydrogens (tertiary/aromatic N) is 2. The fourth-order valence-electron chi connectivity index (χ4n) is 3.77. The number of ether oxygens (including phenoxy) is 2. The highest BCUT2D eigenvalue weighted by Crippen LogP contribution is 2.24. The first-order chi connectivity index (χ1) is 15.5. The van der Waals surface area contributed by atoms with E-state index in [4.69, 9.17) is 4.74 Å². The molecule has 4 rings (SSSR count). The van der Waals surface area contributed by atoms with Crippen molar-refractivity contribution in [3.63, 3.8) is 0 Å². The quantitative estimate of drug-likeness (QED) is 0.630. The fraction of sp³-hybridized carbons (Fsp3) is 0.304. The highest BCUT2D eigenvalue weighted by Gasteiger charge is 2.28. The number of halogens is 2. The first kappa shape index (κ1) is 21.6. The summed E-state index contributed by atoms with van der Waals surface area (Å²) in [5, 5.41) is 0.904. The second-order valence-electron chi connectivity index (χ2n) is 7.32. The summed E-state index contributed by atoms with van der Waals surface area (Å²) in [6.07, 6.45) is 0. The van der Waals surface area contributed by atoms with Crippen LogP contribution < -0.4 is 9.47 Å². The van der Waals surface area contributed by atoms with Gasteiger partial charge < -0.3 is 24.3 Å². The SMILES string of the molecule is CCOc1ccc2cc(C(=O)N3CCN(C(=O)c4ccccc4OC(F)F)CC3)[nH]c2c1. The number of rotatable bonds is 6. The zero-order valence-electron chi connectivity index (χ0n) is 17.5. The van der Waals surface area contributed by atoms with Crippen molar-refractivity contribution >= 4 is 22.7 Å². The predicted molar refractivity (Wildman–Crippen MR) is 114 cm³/mol. The summed E-state index contributed by atoms with van der Waals surface area (Å²) < 4.78 is 35.3. The fourth-order valence-corrected chi connectivity index (χ4v) is 3.77. The molecular formula is C23H23F2N3O4. The maximum atomic E-state index is 13.0. The number of hydrogen-bond acceptors (Lipinski definition) is 4. The number of aromatic nitrogens is 1. The molecule has 0 bridgehead atoms. The van der Waals surface area contributed by atoms with Crippen LogP contribution in [0.25, 0.3) is 10.9 Å². The molecule has 0 unspecified atom stereocenters. The van der Waals surface area contributed by atoms with Crippen LogP contribution >= 0.6 is 0 Å². The summed E-state index contributed by atoms with van der Waals surface area (Å²) in [7, 11) is 0. The van der Waals surface area contributed by atoms with Gasteiger partial charge in [-0.2, -0.15) is 8.78 Å². The minimum absolute atomic E-state index is 0.0771. The van der Waals surface area contributed by atoms with Crippen molar-refractivity contribution in [2.24, 2.45) is 0 Å². The first-order valence-corrected chi connectivity index (χ1v) is 10.3. The van der Waals surface area contributed by atoms with Crippen molar-refractivity contribution in [3.05, 3.63) is 59.8 Å². The zero-order valence-corrected chi connectivity index (χ0v) is 17.5. The van der Waals surface area contributed by atoms with Crippen LogP contribution in [0.2, 0.25) is 0 Å². The van der Waals surface area contributed by atoms with E-state index in [9.17, 15) is 18.4 Å². The number of benzene rings is 2. The van der Waals surface area contributed by atoms with Gasteiger partial charge in [0.15, 0.2) is 0 Å². The van der Waals surface area contributed by atoms with Crippen LogP contribution in [0.4, 0.5) is 8.78 Å². The van der Waals surface area contributed by atoms with E-state index >= 15 is 0 Å². The van der Waals surface area contributed by atoms with Gasteiger partial charge in [0.2, 0.25) is 0 Å². The van der Waals surface area contributed by atoms with E-state index < -0.39 is 12.5 Å². The van der Waals surface area contributed by atoms with Crippen molar-refractivity contribution in [1.29, 1.82) is 0 Å². The van der Waals surface area contributed by atoms with Crippen molar-refractivity contribution in [2.75, 3.05) is 32.8 Å². The van der Waals surface area contributed by atoms with Gasteiger partial charge in [-0.1, -0.05) is 12.1 Å². The second-order valence-corrected chi connectivity index (χ2v) is 7.32. The number of alkyl halides is 2. The Morgan fingerprint density at radius 1 is 1.00 bits per heavy atom. The number of carbonyl (C=O) groups excluding carboxylic acids is 2. The van der Waals surface area contributed by atoms with Crippen LogP contribution in [0.5, 0.6) is 11.5 Å². The highest BCUT2D eigenvalue weighted by atomic mass is 19.3. The van der Waals surface area contributed by atoms with Crippen LogP contribution in [-0.4, -0.2) is 66.0 Å². The van der Waals surface area contributed by atoms with E-state index in [1.807, 2.05) is 25.1 Å². The largest absolute Gasteiger partial charge is 0.494 e. The van der Waals surface area contributed by atoms with E-state index in [1.54, 1.807) is 17.0 Å². The van der Waals surface area contributed by atoms with Gasteiger partial charge in [-0.05, 0) is 37.3 Å². The maximum Gasteiger partial charge on any atom is 0.387 e. The third-order valence-electron chi connectivity index (χ3n) is 5.32. The number of hydrogen-bond donors (Lipinski definition) is 1. The van der Waals surface area contributed by atoms with Crippen molar-refractivity contribution in [2.45, 2.75) is 13.5 Å². The van der Waals surface area contributed by atoms with E-state index in [-0.39, 0.29) is 17.2 Å². The standard InChI is InChI=1S/C23H23F2N3O4/c1-2-31-16-8-7-15-13-19(26-18(15)14-16)22(30)28-11-9-27(10-12-28)21(29)17-5-3-4-6-20(17)32-23(24)25/h3-8,13-14,23,26H,2,9-12H2,1H3. The van der Waals surface area contributed by atoms with Gasteiger partial charge in [-0.3, -0.25) is 9.59 Å². The number of H-pyrrole nitrogens is 1. The maximum absolute atomic E-state index is 13.0. The Balaban J connectivity index is 1.42. The van der Waals surface area contributed by atoms with Crippen molar-refractivity contribution < 1.29 is 27.8 Å². The molecule has 1 fully saturated rings. The van der Waals surface area contributed by atoms with Crippen LogP contribution in [0.15, 0.2) is 48.5 Å². The molecule has 9 heteroatoms. The first-order valence-electron chi connectivity index (χ1n) is 10.3. The van der Waals surface area contributed by atoms with Crippen LogP contribution in [-0.2, 0) is 0 Å². The molecule has 0 spiro atoms. The molecule has 2 aromatic carbocycles. The zero-order chi connectivity index (χ0) is 22.7. The lowest BCUT2D eigenvalue weighted by molar-refractivity contribution is -0.0503. The number of nitrogens with one attached hydrogen (secondary N) is 1. The summed E-state index contributed by atoms with van der Waals surface area (Å²) >= 11 is 0. The number of piperazine rings is 1. The van der Waals surface area contributed by atoms with Gasteiger partial charge in [-0.15, -0.1) is 0 Å². The Bertz CT molecular complexity index is 1120. The number of carbonyl (C=O) groups is 2. The van der Waals surface area contributed by atoms with Crippen LogP contribution in [0.1, 0.15) is 27.8 Å². The summed E-state index contributed by atoms with van der Waals surface area (Å²) in [4.78, 5) is 32.1. The van der Waals surface area contributed by atoms with Crippen LogP contribution in [0, 0.1) is 0 Å². The van der Waals surface area contributed by atoms with E-state index in [0.29, 0.717) is 38.5 Å². The Labute approximate surface area is 183 Å². The average molecular weight is 443 g/mol. The lowest BCUT2D eigenvalue weighted by Gasteiger charge is -2.34. The molecule has 0 radical (unpaired) electrons. The third kappa shape index (κ3) is 4.51. The summed E-state index contributed by atoms with van der Waals surface area (Å²) in [5.74, 6) is 0.00897. The molecule has 0 aliphatic carbocycles. The number of para-hydroxylation sites is 1.